The van der Waals surface area contributed by atoms with E-state index < -0.39 is 6.04 Å². The van der Waals surface area contributed by atoms with Crippen LogP contribution in [0.4, 0.5) is 8.78 Å². The lowest BCUT2D eigenvalue weighted by molar-refractivity contribution is 0.543. The van der Waals surface area contributed by atoms with Gasteiger partial charge in [0.15, 0.2) is 0 Å². The highest BCUT2D eigenvalue weighted by Gasteiger charge is 2.19. The molecule has 0 saturated carbocycles. The van der Waals surface area contributed by atoms with Crippen LogP contribution in [0.2, 0.25) is 0 Å². The van der Waals surface area contributed by atoms with Crippen LogP contribution in [-0.2, 0) is 0 Å². The summed E-state index contributed by atoms with van der Waals surface area (Å²) in [5.74, 6) is -0.627. The van der Waals surface area contributed by atoms with E-state index in [1.54, 1.807) is 50.4 Å². The topological polar surface area (TPSA) is 12.0 Å². The predicted molar refractivity (Wildman–Crippen MR) is 68.4 cm³/mol. The predicted octanol–water partition coefficient (Wildman–Crippen LogP) is 3.58. The molecule has 18 heavy (non-hydrogen) atoms. The molecule has 0 radical (unpaired) electrons. The minimum atomic E-state index is -0.480. The Morgan fingerprint density at radius 1 is 0.944 bits per heavy atom. The van der Waals surface area contributed by atoms with Crippen LogP contribution in [-0.4, -0.2) is 7.05 Å². The molecule has 0 heterocycles. The summed E-state index contributed by atoms with van der Waals surface area (Å²) in [6.07, 6.45) is 0. The summed E-state index contributed by atoms with van der Waals surface area (Å²) in [5.41, 5.74) is 1.47. The fraction of sp³-hybridized carbons (Fsp3) is 0.200. The number of benzene rings is 2. The molecular formula is C15H15F2N. The zero-order valence-corrected chi connectivity index (χ0v) is 10.4. The lowest BCUT2D eigenvalue weighted by Gasteiger charge is -2.19. The van der Waals surface area contributed by atoms with Crippen LogP contribution >= 0.6 is 0 Å². The molecule has 1 unspecified atom stereocenters. The van der Waals surface area contributed by atoms with E-state index in [2.05, 4.69) is 5.32 Å². The monoisotopic (exact) mass is 247 g/mol. The molecule has 0 aliphatic carbocycles. The van der Waals surface area contributed by atoms with Gasteiger partial charge in [-0.2, -0.15) is 0 Å². The van der Waals surface area contributed by atoms with Crippen molar-refractivity contribution in [3.63, 3.8) is 0 Å². The Bertz CT molecular complexity index is 552. The average Bonchev–Trinajstić information content (AvgIpc) is 2.37. The fourth-order valence-electron chi connectivity index (χ4n) is 2.08. The van der Waals surface area contributed by atoms with E-state index in [9.17, 15) is 8.78 Å². The molecule has 0 aromatic heterocycles. The Labute approximate surface area is 105 Å². The highest BCUT2D eigenvalue weighted by molar-refractivity contribution is 5.35. The van der Waals surface area contributed by atoms with Crippen molar-refractivity contribution in [1.29, 1.82) is 0 Å². The van der Waals surface area contributed by atoms with Crippen LogP contribution in [0.15, 0.2) is 42.5 Å². The third-order valence-electron chi connectivity index (χ3n) is 3.04. The van der Waals surface area contributed by atoms with E-state index in [1.807, 2.05) is 0 Å². The van der Waals surface area contributed by atoms with Gasteiger partial charge in [0.2, 0.25) is 0 Å². The summed E-state index contributed by atoms with van der Waals surface area (Å²) in [6, 6.07) is 11.1. The zero-order valence-electron chi connectivity index (χ0n) is 10.4. The lowest BCUT2D eigenvalue weighted by Crippen LogP contribution is -2.20. The number of hydrogen-bond acceptors (Lipinski definition) is 1. The third kappa shape index (κ3) is 2.27. The van der Waals surface area contributed by atoms with Gasteiger partial charge in [0.25, 0.3) is 0 Å². The first-order valence-corrected chi connectivity index (χ1v) is 5.82. The number of rotatable bonds is 3. The molecule has 3 heteroatoms. The highest BCUT2D eigenvalue weighted by atomic mass is 19.1. The molecule has 0 aliphatic rings. The summed E-state index contributed by atoms with van der Waals surface area (Å²) >= 11 is 0. The Hall–Kier alpha value is -1.74. The first-order chi connectivity index (χ1) is 8.65. The molecule has 94 valence electrons. The second-order valence-corrected chi connectivity index (χ2v) is 4.22. The molecular weight excluding hydrogens is 232 g/mol. The Morgan fingerprint density at radius 2 is 1.61 bits per heavy atom. The van der Waals surface area contributed by atoms with Gasteiger partial charge in [-0.3, -0.25) is 0 Å². The first kappa shape index (κ1) is 12.7. The van der Waals surface area contributed by atoms with E-state index in [-0.39, 0.29) is 11.6 Å². The minimum Gasteiger partial charge on any atom is -0.309 e. The van der Waals surface area contributed by atoms with Crippen LogP contribution in [0.25, 0.3) is 0 Å². The molecule has 0 bridgehead atoms. The maximum atomic E-state index is 14.1. The van der Waals surface area contributed by atoms with Gasteiger partial charge in [-0.15, -0.1) is 0 Å². The van der Waals surface area contributed by atoms with Gasteiger partial charge in [0.05, 0.1) is 6.04 Å². The molecule has 2 rings (SSSR count). The number of halogens is 2. The van der Waals surface area contributed by atoms with Gasteiger partial charge in [0.1, 0.15) is 11.6 Å². The maximum Gasteiger partial charge on any atom is 0.131 e. The van der Waals surface area contributed by atoms with Gasteiger partial charge in [-0.05, 0) is 25.6 Å². The van der Waals surface area contributed by atoms with Crippen molar-refractivity contribution >= 4 is 0 Å². The third-order valence-corrected chi connectivity index (χ3v) is 3.04. The molecule has 1 atom stereocenters. The van der Waals surface area contributed by atoms with Crippen molar-refractivity contribution in [2.75, 3.05) is 7.05 Å². The molecule has 1 nitrogen and oxygen atoms in total. The largest absolute Gasteiger partial charge is 0.309 e. The molecule has 1 N–H and O–H groups in total. The molecule has 0 fully saturated rings. The molecule has 0 spiro atoms. The van der Waals surface area contributed by atoms with Gasteiger partial charge in [-0.25, -0.2) is 8.78 Å². The second-order valence-electron chi connectivity index (χ2n) is 4.22. The maximum absolute atomic E-state index is 14.1. The molecule has 2 aromatic rings. The van der Waals surface area contributed by atoms with Crippen molar-refractivity contribution < 1.29 is 8.78 Å². The fourth-order valence-corrected chi connectivity index (χ4v) is 2.08. The average molecular weight is 247 g/mol. The Morgan fingerprint density at radius 3 is 2.28 bits per heavy atom. The summed E-state index contributed by atoms with van der Waals surface area (Å²) in [4.78, 5) is 0. The Balaban J connectivity index is 2.53. The summed E-state index contributed by atoms with van der Waals surface area (Å²) in [5, 5.41) is 2.96. The van der Waals surface area contributed by atoms with Crippen LogP contribution in [0, 0.1) is 18.6 Å². The van der Waals surface area contributed by atoms with Crippen molar-refractivity contribution in [3.8, 4) is 0 Å². The van der Waals surface area contributed by atoms with Gasteiger partial charge < -0.3 is 5.32 Å². The van der Waals surface area contributed by atoms with Crippen molar-refractivity contribution in [2.45, 2.75) is 13.0 Å². The van der Waals surface area contributed by atoms with Crippen molar-refractivity contribution in [3.05, 3.63) is 70.8 Å². The molecule has 2 aromatic carbocycles. The van der Waals surface area contributed by atoms with E-state index in [0.29, 0.717) is 16.7 Å². The van der Waals surface area contributed by atoms with E-state index in [4.69, 9.17) is 0 Å². The van der Waals surface area contributed by atoms with E-state index in [0.717, 1.165) is 0 Å². The Kier molecular flexibility index (Phi) is 3.72. The summed E-state index contributed by atoms with van der Waals surface area (Å²) in [6.45, 7) is 1.70. The van der Waals surface area contributed by atoms with Gasteiger partial charge in [0, 0.05) is 11.1 Å². The standard InChI is InChI=1S/C15H15F2N/c1-10-6-5-8-12(14(10)17)15(18-2)11-7-3-4-9-13(11)16/h3-9,15,18H,1-2H3. The second kappa shape index (κ2) is 5.27. The van der Waals surface area contributed by atoms with E-state index in [1.165, 1.54) is 6.07 Å². The van der Waals surface area contributed by atoms with Gasteiger partial charge in [-0.1, -0.05) is 36.4 Å². The quantitative estimate of drug-likeness (QED) is 0.874. The van der Waals surface area contributed by atoms with Crippen LogP contribution < -0.4 is 5.32 Å². The smallest absolute Gasteiger partial charge is 0.131 e. The minimum absolute atomic E-state index is 0.292. The normalized spacial score (nSPS) is 12.4. The first-order valence-electron chi connectivity index (χ1n) is 5.82. The highest BCUT2D eigenvalue weighted by Crippen LogP contribution is 2.27. The van der Waals surface area contributed by atoms with E-state index >= 15 is 0 Å². The van der Waals surface area contributed by atoms with Crippen molar-refractivity contribution in [1.82, 2.24) is 5.32 Å². The van der Waals surface area contributed by atoms with Crippen molar-refractivity contribution in [2.24, 2.45) is 0 Å². The number of hydrogen-bond donors (Lipinski definition) is 1. The van der Waals surface area contributed by atoms with Crippen LogP contribution in [0.3, 0.4) is 0 Å². The zero-order chi connectivity index (χ0) is 13.1. The summed E-state index contributed by atoms with van der Waals surface area (Å²) in [7, 11) is 1.69. The summed E-state index contributed by atoms with van der Waals surface area (Å²) < 4.78 is 27.9. The molecule has 0 amide bonds. The number of aryl methyl sites for hydroxylation is 1. The SMILES string of the molecule is CNC(c1ccccc1F)c1cccc(C)c1F. The lowest BCUT2D eigenvalue weighted by atomic mass is 9.96. The van der Waals surface area contributed by atoms with Crippen LogP contribution in [0.1, 0.15) is 22.7 Å². The van der Waals surface area contributed by atoms with Gasteiger partial charge >= 0.3 is 0 Å². The van der Waals surface area contributed by atoms with Crippen LogP contribution in [0.5, 0.6) is 0 Å². The molecule has 0 saturated heterocycles. The number of nitrogens with one attached hydrogen (secondary N) is 1. The molecule has 0 aliphatic heterocycles.